The van der Waals surface area contributed by atoms with Crippen LogP contribution in [0, 0.1) is 11.6 Å². The minimum atomic E-state index is -1.29. The number of hydrogen-bond acceptors (Lipinski definition) is 3. The third-order valence-corrected chi connectivity index (χ3v) is 2.76. The van der Waals surface area contributed by atoms with Gasteiger partial charge >= 0.3 is 5.97 Å². The first-order valence-corrected chi connectivity index (χ1v) is 5.14. The van der Waals surface area contributed by atoms with Crippen molar-refractivity contribution >= 4 is 21.9 Å². The van der Waals surface area contributed by atoms with Crippen LogP contribution < -0.4 is 0 Å². The molecule has 88 valence electrons. The zero-order valence-corrected chi connectivity index (χ0v) is 9.66. The standard InChI is InChI=1S/C10H4BrF2NO3/c11-8-5(12)2-1-4(9(8)13)7-3-6(10(15)16)14-17-7/h1-3H,(H,15,16). The van der Waals surface area contributed by atoms with Crippen molar-refractivity contribution in [2.24, 2.45) is 0 Å². The van der Waals surface area contributed by atoms with Gasteiger partial charge in [0.1, 0.15) is 5.82 Å². The summed E-state index contributed by atoms with van der Waals surface area (Å²) < 4.78 is 30.9. The predicted octanol–water partition coefficient (Wildman–Crippen LogP) is 3.08. The van der Waals surface area contributed by atoms with Crippen LogP contribution in [0.15, 0.2) is 27.2 Å². The van der Waals surface area contributed by atoms with Crippen molar-refractivity contribution in [2.45, 2.75) is 0 Å². The van der Waals surface area contributed by atoms with Crippen LogP contribution in [0.25, 0.3) is 11.3 Å². The van der Waals surface area contributed by atoms with E-state index < -0.39 is 17.6 Å². The van der Waals surface area contributed by atoms with Gasteiger partial charge in [0.15, 0.2) is 17.3 Å². The van der Waals surface area contributed by atoms with E-state index in [0.29, 0.717) is 0 Å². The SMILES string of the molecule is O=C(O)c1cc(-c2ccc(F)c(Br)c2F)on1. The molecule has 1 heterocycles. The Morgan fingerprint density at radius 2 is 2.12 bits per heavy atom. The van der Waals surface area contributed by atoms with Crippen LogP contribution in [0.3, 0.4) is 0 Å². The average molecular weight is 304 g/mol. The third-order valence-electron chi connectivity index (χ3n) is 2.03. The Kier molecular flexibility index (Phi) is 2.93. The Hall–Kier alpha value is -1.76. The normalized spacial score (nSPS) is 10.5. The van der Waals surface area contributed by atoms with E-state index in [4.69, 9.17) is 5.11 Å². The molecule has 2 aromatic rings. The number of halogens is 3. The first-order chi connectivity index (χ1) is 8.00. The van der Waals surface area contributed by atoms with E-state index in [9.17, 15) is 13.6 Å². The van der Waals surface area contributed by atoms with Crippen LogP contribution in [0.1, 0.15) is 10.5 Å². The lowest BCUT2D eigenvalue weighted by Gasteiger charge is -2.01. The molecule has 0 saturated carbocycles. The number of hydrogen-bond donors (Lipinski definition) is 1. The van der Waals surface area contributed by atoms with E-state index in [-0.39, 0.29) is 21.5 Å². The van der Waals surface area contributed by atoms with Crippen LogP contribution in [0.4, 0.5) is 8.78 Å². The molecule has 1 N–H and O–H groups in total. The zero-order valence-electron chi connectivity index (χ0n) is 8.08. The predicted molar refractivity (Wildman–Crippen MR) is 56.5 cm³/mol. The van der Waals surface area contributed by atoms with Crippen molar-refractivity contribution in [3.63, 3.8) is 0 Å². The fraction of sp³-hybridized carbons (Fsp3) is 0. The fourth-order valence-electron chi connectivity index (χ4n) is 1.22. The third kappa shape index (κ3) is 2.05. The lowest BCUT2D eigenvalue weighted by Crippen LogP contribution is -1.94. The summed E-state index contributed by atoms with van der Waals surface area (Å²) in [6, 6.07) is 3.23. The molecule has 0 fully saturated rings. The summed E-state index contributed by atoms with van der Waals surface area (Å²) in [6.45, 7) is 0. The topological polar surface area (TPSA) is 63.3 Å². The highest BCUT2D eigenvalue weighted by Gasteiger charge is 2.18. The minimum absolute atomic E-state index is 0.0710. The maximum atomic E-state index is 13.6. The molecule has 17 heavy (non-hydrogen) atoms. The number of nitrogens with zero attached hydrogens (tertiary/aromatic N) is 1. The maximum absolute atomic E-state index is 13.6. The Morgan fingerprint density at radius 1 is 1.41 bits per heavy atom. The molecule has 1 aromatic carbocycles. The fourth-order valence-corrected chi connectivity index (χ4v) is 1.56. The summed E-state index contributed by atoms with van der Waals surface area (Å²) >= 11 is 2.73. The van der Waals surface area contributed by atoms with E-state index in [1.54, 1.807) is 0 Å². The lowest BCUT2D eigenvalue weighted by atomic mass is 10.1. The number of aromatic carboxylic acids is 1. The van der Waals surface area contributed by atoms with Crippen LogP contribution in [0.5, 0.6) is 0 Å². The van der Waals surface area contributed by atoms with Crippen molar-refractivity contribution in [1.29, 1.82) is 0 Å². The number of carboxylic acids is 1. The second-order valence-electron chi connectivity index (χ2n) is 3.10. The molecule has 0 bridgehead atoms. The molecule has 0 unspecified atom stereocenters. The van der Waals surface area contributed by atoms with Crippen molar-refractivity contribution < 1.29 is 23.2 Å². The smallest absolute Gasteiger partial charge is 0.358 e. The van der Waals surface area contributed by atoms with Crippen LogP contribution in [-0.2, 0) is 0 Å². The molecule has 0 saturated heterocycles. The van der Waals surface area contributed by atoms with E-state index in [1.165, 1.54) is 0 Å². The molecule has 0 atom stereocenters. The molecule has 0 spiro atoms. The highest BCUT2D eigenvalue weighted by atomic mass is 79.9. The zero-order chi connectivity index (χ0) is 12.6. The van der Waals surface area contributed by atoms with Gasteiger partial charge in [-0.3, -0.25) is 0 Å². The number of benzene rings is 1. The first-order valence-electron chi connectivity index (χ1n) is 4.34. The van der Waals surface area contributed by atoms with E-state index >= 15 is 0 Å². The van der Waals surface area contributed by atoms with Gasteiger partial charge < -0.3 is 9.63 Å². The Morgan fingerprint density at radius 3 is 2.71 bits per heavy atom. The van der Waals surface area contributed by atoms with Crippen molar-refractivity contribution in [3.05, 3.63) is 40.0 Å². The van der Waals surface area contributed by atoms with Crippen LogP contribution >= 0.6 is 15.9 Å². The van der Waals surface area contributed by atoms with Gasteiger partial charge in [-0.05, 0) is 28.1 Å². The largest absolute Gasteiger partial charge is 0.476 e. The summed E-state index contributed by atoms with van der Waals surface area (Å²) in [7, 11) is 0. The van der Waals surface area contributed by atoms with Crippen molar-refractivity contribution in [1.82, 2.24) is 5.16 Å². The van der Waals surface area contributed by atoms with E-state index in [0.717, 1.165) is 18.2 Å². The molecule has 4 nitrogen and oxygen atoms in total. The quantitative estimate of drug-likeness (QED) is 0.866. The van der Waals surface area contributed by atoms with E-state index in [1.807, 2.05) is 0 Å². The van der Waals surface area contributed by atoms with Gasteiger partial charge in [0, 0.05) is 6.07 Å². The molecular formula is C10H4BrF2NO3. The summed E-state index contributed by atoms with van der Waals surface area (Å²) in [4.78, 5) is 10.6. The van der Waals surface area contributed by atoms with Crippen molar-refractivity contribution in [3.8, 4) is 11.3 Å². The van der Waals surface area contributed by atoms with Gasteiger partial charge in [-0.2, -0.15) is 0 Å². The van der Waals surface area contributed by atoms with Gasteiger partial charge in [-0.25, -0.2) is 13.6 Å². The van der Waals surface area contributed by atoms with Crippen molar-refractivity contribution in [2.75, 3.05) is 0 Å². The summed E-state index contributed by atoms with van der Waals surface area (Å²) in [6.07, 6.45) is 0. The molecule has 7 heteroatoms. The van der Waals surface area contributed by atoms with Crippen LogP contribution in [0.2, 0.25) is 0 Å². The number of aromatic nitrogens is 1. The molecule has 2 rings (SSSR count). The molecule has 0 amide bonds. The monoisotopic (exact) mass is 303 g/mol. The van der Waals surface area contributed by atoms with Gasteiger partial charge in [0.05, 0.1) is 10.0 Å². The molecule has 0 aliphatic heterocycles. The highest BCUT2D eigenvalue weighted by molar-refractivity contribution is 9.10. The lowest BCUT2D eigenvalue weighted by molar-refractivity contribution is 0.0686. The second-order valence-corrected chi connectivity index (χ2v) is 3.90. The molecule has 0 radical (unpaired) electrons. The van der Waals surface area contributed by atoms with Crippen LogP contribution in [-0.4, -0.2) is 16.2 Å². The Bertz CT molecular complexity index is 597. The number of rotatable bonds is 2. The summed E-state index contributed by atoms with van der Waals surface area (Å²) in [5.74, 6) is -3.01. The van der Waals surface area contributed by atoms with Gasteiger partial charge in [-0.15, -0.1) is 0 Å². The number of carboxylic acid groups (broad SMARTS) is 1. The molecule has 0 aliphatic rings. The Labute approximate surface area is 102 Å². The average Bonchev–Trinajstić information content (AvgIpc) is 2.75. The summed E-state index contributed by atoms with van der Waals surface area (Å²) in [5, 5.41) is 11.9. The first kappa shape index (κ1) is 11.7. The summed E-state index contributed by atoms with van der Waals surface area (Å²) in [5.41, 5.74) is -0.418. The highest BCUT2D eigenvalue weighted by Crippen LogP contribution is 2.30. The maximum Gasteiger partial charge on any atom is 0.358 e. The molecular weight excluding hydrogens is 300 g/mol. The molecule has 1 aromatic heterocycles. The number of carbonyl (C=O) groups is 1. The minimum Gasteiger partial charge on any atom is -0.476 e. The Balaban J connectivity index is 2.53. The van der Waals surface area contributed by atoms with Gasteiger partial charge in [0.25, 0.3) is 0 Å². The second kappa shape index (κ2) is 4.25. The van der Waals surface area contributed by atoms with Gasteiger partial charge in [0.2, 0.25) is 0 Å². The van der Waals surface area contributed by atoms with Gasteiger partial charge in [-0.1, -0.05) is 5.16 Å². The molecule has 0 aliphatic carbocycles. The van der Waals surface area contributed by atoms with E-state index in [2.05, 4.69) is 25.6 Å².